The zero-order chi connectivity index (χ0) is 19.7. The van der Waals surface area contributed by atoms with Crippen LogP contribution < -0.4 is 5.32 Å². The molecule has 2 heterocycles. The molecular formula is C20H29N3O4. The van der Waals surface area contributed by atoms with Crippen molar-refractivity contribution in [1.82, 2.24) is 15.3 Å². The van der Waals surface area contributed by atoms with E-state index in [9.17, 15) is 9.59 Å². The zero-order valence-electron chi connectivity index (χ0n) is 16.5. The monoisotopic (exact) mass is 375 g/mol. The number of ether oxygens (including phenoxy) is 1. The number of nitrogens with one attached hydrogen (secondary N) is 1. The Kier molecular flexibility index (Phi) is 5.44. The van der Waals surface area contributed by atoms with Crippen LogP contribution in [-0.4, -0.2) is 59.3 Å². The van der Waals surface area contributed by atoms with Gasteiger partial charge in [-0.05, 0) is 46.2 Å². The number of amides is 2. The Labute approximate surface area is 160 Å². The summed E-state index contributed by atoms with van der Waals surface area (Å²) in [5.41, 5.74) is -0.461. The van der Waals surface area contributed by atoms with Gasteiger partial charge in [0.15, 0.2) is 0 Å². The molecule has 7 heteroatoms. The van der Waals surface area contributed by atoms with E-state index in [1.54, 1.807) is 4.90 Å². The summed E-state index contributed by atoms with van der Waals surface area (Å²) in [6.07, 6.45) is 0.956. The van der Waals surface area contributed by atoms with Crippen LogP contribution >= 0.6 is 0 Å². The summed E-state index contributed by atoms with van der Waals surface area (Å²) in [5, 5.41) is 4.48. The fourth-order valence-corrected chi connectivity index (χ4v) is 3.78. The van der Waals surface area contributed by atoms with Gasteiger partial charge in [0.2, 0.25) is 0 Å². The van der Waals surface area contributed by atoms with E-state index in [0.29, 0.717) is 26.1 Å². The van der Waals surface area contributed by atoms with E-state index in [1.165, 1.54) is 5.06 Å². The lowest BCUT2D eigenvalue weighted by atomic mass is 9.88. The van der Waals surface area contributed by atoms with Crippen molar-refractivity contribution in [2.24, 2.45) is 0 Å². The molecule has 0 aromatic heterocycles. The van der Waals surface area contributed by atoms with Crippen molar-refractivity contribution in [3.63, 3.8) is 0 Å². The average molecular weight is 375 g/mol. The van der Waals surface area contributed by atoms with Gasteiger partial charge in [0, 0.05) is 12.6 Å². The summed E-state index contributed by atoms with van der Waals surface area (Å²) in [5.74, 6) is -0.164. The molecule has 0 radical (unpaired) electrons. The predicted molar refractivity (Wildman–Crippen MR) is 101 cm³/mol. The Morgan fingerprint density at radius 3 is 2.59 bits per heavy atom. The van der Waals surface area contributed by atoms with E-state index in [0.717, 1.165) is 12.0 Å². The molecule has 2 aliphatic heterocycles. The molecule has 0 aliphatic carbocycles. The van der Waals surface area contributed by atoms with Crippen molar-refractivity contribution >= 4 is 12.0 Å². The highest BCUT2D eigenvalue weighted by Gasteiger charge is 2.64. The van der Waals surface area contributed by atoms with Gasteiger partial charge in [-0.25, -0.2) is 9.86 Å². The predicted octanol–water partition coefficient (Wildman–Crippen LogP) is 2.32. The summed E-state index contributed by atoms with van der Waals surface area (Å²) in [7, 11) is 1.84. The minimum absolute atomic E-state index is 0.0647. The van der Waals surface area contributed by atoms with Gasteiger partial charge >= 0.3 is 6.09 Å². The van der Waals surface area contributed by atoms with Gasteiger partial charge in [0.1, 0.15) is 17.7 Å². The number of carbonyl (C=O) groups excluding carboxylic acids is 2. The van der Waals surface area contributed by atoms with Crippen LogP contribution in [0, 0.1) is 0 Å². The molecule has 7 nitrogen and oxygen atoms in total. The second-order valence-corrected chi connectivity index (χ2v) is 8.23. The molecule has 2 aliphatic rings. The highest BCUT2D eigenvalue weighted by molar-refractivity contribution is 5.95. The molecule has 2 atom stereocenters. The normalized spacial score (nSPS) is 25.0. The number of hydrogen-bond donors (Lipinski definition) is 1. The van der Waals surface area contributed by atoms with Crippen molar-refractivity contribution < 1.29 is 19.2 Å². The van der Waals surface area contributed by atoms with Crippen LogP contribution in [0.2, 0.25) is 0 Å². The minimum Gasteiger partial charge on any atom is -0.444 e. The zero-order valence-corrected chi connectivity index (χ0v) is 16.5. The average Bonchev–Trinajstić information content (AvgIpc) is 2.99. The third-order valence-electron chi connectivity index (χ3n) is 5.01. The maximum atomic E-state index is 13.0. The van der Waals surface area contributed by atoms with E-state index in [2.05, 4.69) is 5.32 Å². The molecule has 1 aromatic rings. The molecule has 1 N–H and O–H groups in total. The van der Waals surface area contributed by atoms with E-state index in [1.807, 2.05) is 58.2 Å². The van der Waals surface area contributed by atoms with E-state index in [4.69, 9.17) is 9.57 Å². The van der Waals surface area contributed by atoms with Crippen molar-refractivity contribution in [2.45, 2.75) is 57.4 Å². The second-order valence-electron chi connectivity index (χ2n) is 8.23. The first-order valence-corrected chi connectivity index (χ1v) is 9.42. The summed E-state index contributed by atoms with van der Waals surface area (Å²) in [4.78, 5) is 33.1. The highest BCUT2D eigenvalue weighted by Crippen LogP contribution is 2.43. The lowest BCUT2D eigenvalue weighted by Crippen LogP contribution is -2.74. The van der Waals surface area contributed by atoms with Crippen LogP contribution in [-0.2, 0) is 21.0 Å². The first-order valence-electron chi connectivity index (χ1n) is 9.42. The number of benzene rings is 1. The van der Waals surface area contributed by atoms with Crippen LogP contribution in [0.25, 0.3) is 0 Å². The summed E-state index contributed by atoms with van der Waals surface area (Å²) in [6.45, 7) is 6.82. The summed E-state index contributed by atoms with van der Waals surface area (Å²) in [6, 6.07) is 9.64. The van der Waals surface area contributed by atoms with Gasteiger partial charge < -0.3 is 10.1 Å². The van der Waals surface area contributed by atoms with E-state index >= 15 is 0 Å². The van der Waals surface area contributed by atoms with Gasteiger partial charge in [-0.15, -0.1) is 0 Å². The molecule has 148 valence electrons. The Hall–Kier alpha value is -2.12. The largest absolute Gasteiger partial charge is 0.444 e. The lowest BCUT2D eigenvalue weighted by molar-refractivity contribution is -0.241. The smallest absolute Gasteiger partial charge is 0.411 e. The Balaban J connectivity index is 1.69. The standard InChI is InChI=1S/C20H29N3O4/c1-19(2,3)27-18(25)23-16(12-21-4)10-11-20(23)14-22(17(20)24)26-13-15-8-6-5-7-9-15/h5-9,16,21H,10-14H2,1-4H3. The third-order valence-corrected chi connectivity index (χ3v) is 5.01. The highest BCUT2D eigenvalue weighted by atomic mass is 16.7. The maximum absolute atomic E-state index is 13.0. The first-order chi connectivity index (χ1) is 12.8. The molecule has 0 saturated carbocycles. The minimum atomic E-state index is -0.847. The van der Waals surface area contributed by atoms with Gasteiger partial charge in [-0.1, -0.05) is 30.3 Å². The van der Waals surface area contributed by atoms with Gasteiger partial charge in [0.05, 0.1) is 6.54 Å². The van der Waals surface area contributed by atoms with E-state index in [-0.39, 0.29) is 11.9 Å². The fourth-order valence-electron chi connectivity index (χ4n) is 3.78. The topological polar surface area (TPSA) is 71.1 Å². The molecular weight excluding hydrogens is 346 g/mol. The lowest BCUT2D eigenvalue weighted by Gasteiger charge is -2.50. The van der Waals surface area contributed by atoms with Crippen LogP contribution in [0.3, 0.4) is 0 Å². The van der Waals surface area contributed by atoms with Crippen molar-refractivity contribution in [3.8, 4) is 0 Å². The molecule has 1 spiro atoms. The number of carbonyl (C=O) groups is 2. The van der Waals surface area contributed by atoms with E-state index < -0.39 is 17.2 Å². The summed E-state index contributed by atoms with van der Waals surface area (Å²) >= 11 is 0. The van der Waals surface area contributed by atoms with Crippen LogP contribution in [0.15, 0.2) is 30.3 Å². The molecule has 3 rings (SSSR count). The second kappa shape index (κ2) is 7.48. The Bertz CT molecular complexity index is 688. The summed E-state index contributed by atoms with van der Waals surface area (Å²) < 4.78 is 5.59. The quantitative estimate of drug-likeness (QED) is 0.800. The number of nitrogens with zero attached hydrogens (tertiary/aromatic N) is 2. The van der Waals surface area contributed by atoms with Crippen LogP contribution in [0.5, 0.6) is 0 Å². The number of likely N-dealkylation sites (N-methyl/N-ethyl adjacent to an activating group) is 1. The number of hydrogen-bond acceptors (Lipinski definition) is 5. The molecule has 2 amide bonds. The van der Waals surface area contributed by atoms with Crippen molar-refractivity contribution in [1.29, 1.82) is 0 Å². The Morgan fingerprint density at radius 2 is 2.00 bits per heavy atom. The van der Waals surface area contributed by atoms with Crippen molar-refractivity contribution in [2.75, 3.05) is 20.1 Å². The number of hydroxylamine groups is 2. The van der Waals surface area contributed by atoms with Crippen LogP contribution in [0.4, 0.5) is 4.79 Å². The molecule has 0 bridgehead atoms. The fraction of sp³-hybridized carbons (Fsp3) is 0.600. The van der Waals surface area contributed by atoms with Gasteiger partial charge in [-0.3, -0.25) is 14.5 Å². The van der Waals surface area contributed by atoms with Crippen molar-refractivity contribution in [3.05, 3.63) is 35.9 Å². The first kappa shape index (κ1) is 19.6. The number of rotatable bonds is 5. The molecule has 2 fully saturated rings. The van der Waals surface area contributed by atoms with Gasteiger partial charge in [-0.2, -0.15) is 0 Å². The molecule has 27 heavy (non-hydrogen) atoms. The van der Waals surface area contributed by atoms with Crippen LogP contribution in [0.1, 0.15) is 39.2 Å². The van der Waals surface area contributed by atoms with Gasteiger partial charge in [0.25, 0.3) is 5.91 Å². The molecule has 1 aromatic carbocycles. The maximum Gasteiger partial charge on any atom is 0.411 e. The molecule has 2 saturated heterocycles. The Morgan fingerprint density at radius 1 is 1.30 bits per heavy atom. The number of likely N-dealkylation sites (tertiary alicyclic amines) is 1. The number of β-lactam (4-membered cyclic amide) rings is 1. The molecule has 2 unspecified atom stereocenters. The third kappa shape index (κ3) is 3.94. The SMILES string of the molecule is CNCC1CCC2(CN(OCc3ccccc3)C2=O)N1C(=O)OC(C)(C)C.